The molecule has 6 nitrogen and oxygen atoms in total. The molecule has 0 radical (unpaired) electrons. The molecule has 0 N–H and O–H groups in total. The van der Waals surface area contributed by atoms with E-state index in [0.29, 0.717) is 32.7 Å². The van der Waals surface area contributed by atoms with Crippen molar-refractivity contribution in [1.82, 2.24) is 9.21 Å². The van der Waals surface area contributed by atoms with Crippen LogP contribution >= 0.6 is 11.3 Å². The van der Waals surface area contributed by atoms with Crippen LogP contribution in [0.2, 0.25) is 0 Å². The van der Waals surface area contributed by atoms with E-state index in [4.69, 9.17) is 4.74 Å². The van der Waals surface area contributed by atoms with Crippen LogP contribution in [-0.4, -0.2) is 55.9 Å². The summed E-state index contributed by atoms with van der Waals surface area (Å²) in [6.07, 6.45) is 0.400. The summed E-state index contributed by atoms with van der Waals surface area (Å²) < 4.78 is 33.4. The molecule has 3 heterocycles. The quantitative estimate of drug-likeness (QED) is 0.798. The lowest BCUT2D eigenvalue weighted by Crippen LogP contribution is -2.55. The maximum atomic E-state index is 13.2. The van der Waals surface area contributed by atoms with Crippen LogP contribution in [0.5, 0.6) is 0 Å². The third kappa shape index (κ3) is 3.18. The molecule has 2 aromatic rings. The van der Waals surface area contributed by atoms with E-state index in [-0.39, 0.29) is 16.7 Å². The summed E-state index contributed by atoms with van der Waals surface area (Å²) in [5.74, 6) is -0.136. The second kappa shape index (κ2) is 7.11. The molecule has 2 aliphatic rings. The number of ether oxygens (including phenoxy) is 1. The molecular formula is C18H20N2O4S2. The Morgan fingerprint density at radius 1 is 1.08 bits per heavy atom. The molecule has 4 rings (SSSR count). The number of carbonyl (C=O) groups is 1. The molecule has 1 amide bonds. The molecule has 26 heavy (non-hydrogen) atoms. The van der Waals surface area contributed by atoms with E-state index < -0.39 is 16.1 Å². The lowest BCUT2D eigenvalue weighted by atomic mass is 9.95. The molecule has 0 aliphatic carbocycles. The van der Waals surface area contributed by atoms with E-state index in [1.165, 1.54) is 15.6 Å². The minimum absolute atomic E-state index is 0.136. The number of morpholine rings is 1. The first-order valence-electron chi connectivity index (χ1n) is 8.56. The van der Waals surface area contributed by atoms with Crippen LogP contribution in [0.1, 0.15) is 11.1 Å². The van der Waals surface area contributed by atoms with Crippen molar-refractivity contribution in [2.24, 2.45) is 0 Å². The number of sulfonamides is 1. The minimum atomic E-state index is -3.72. The van der Waals surface area contributed by atoms with Gasteiger partial charge in [0.2, 0.25) is 5.91 Å². The summed E-state index contributed by atoms with van der Waals surface area (Å²) in [6.45, 7) is 2.21. The van der Waals surface area contributed by atoms with Gasteiger partial charge in [0.1, 0.15) is 10.3 Å². The van der Waals surface area contributed by atoms with Crippen LogP contribution in [-0.2, 0) is 32.5 Å². The predicted molar refractivity (Wildman–Crippen MR) is 98.4 cm³/mol. The standard InChI is InChI=1S/C18H20N2O4S2/c21-18(19-7-9-24-10-8-19)16-12-14-4-1-2-5-15(14)13-20(16)26(22,23)17-6-3-11-25-17/h1-6,11,16H,7-10,12-13H2. The van der Waals surface area contributed by atoms with E-state index in [2.05, 4.69) is 0 Å². The van der Waals surface area contributed by atoms with Gasteiger partial charge in [-0.05, 0) is 29.0 Å². The number of hydrogen-bond donors (Lipinski definition) is 0. The van der Waals surface area contributed by atoms with Gasteiger partial charge in [-0.15, -0.1) is 11.3 Å². The minimum Gasteiger partial charge on any atom is -0.378 e. The number of fused-ring (bicyclic) bond motifs is 1. The summed E-state index contributed by atoms with van der Waals surface area (Å²) >= 11 is 1.18. The van der Waals surface area contributed by atoms with Crippen molar-refractivity contribution in [3.63, 3.8) is 0 Å². The van der Waals surface area contributed by atoms with E-state index in [1.807, 2.05) is 24.3 Å². The number of thiophene rings is 1. The smallest absolute Gasteiger partial charge is 0.253 e. The molecule has 0 saturated carbocycles. The SMILES string of the molecule is O=C(C1Cc2ccccc2CN1S(=O)(=O)c1cccs1)N1CCOCC1. The fourth-order valence-electron chi connectivity index (χ4n) is 3.48. The highest BCUT2D eigenvalue weighted by molar-refractivity contribution is 7.91. The third-order valence-corrected chi connectivity index (χ3v) is 8.10. The Labute approximate surface area is 157 Å². The number of hydrogen-bond acceptors (Lipinski definition) is 5. The van der Waals surface area contributed by atoms with Crippen molar-refractivity contribution in [3.05, 3.63) is 52.9 Å². The third-order valence-electron chi connectivity index (χ3n) is 4.87. The Balaban J connectivity index is 1.72. The number of amides is 1. The number of rotatable bonds is 3. The molecule has 2 aliphatic heterocycles. The second-order valence-corrected chi connectivity index (χ2v) is 9.47. The Kier molecular flexibility index (Phi) is 4.83. The monoisotopic (exact) mass is 392 g/mol. The zero-order chi connectivity index (χ0) is 18.1. The molecule has 0 bridgehead atoms. The summed E-state index contributed by atoms with van der Waals surface area (Å²) in [6, 6.07) is 10.3. The lowest BCUT2D eigenvalue weighted by Gasteiger charge is -2.38. The zero-order valence-electron chi connectivity index (χ0n) is 14.2. The van der Waals surface area contributed by atoms with Crippen LogP contribution in [0, 0.1) is 0 Å². The average Bonchev–Trinajstić information content (AvgIpc) is 3.23. The van der Waals surface area contributed by atoms with Crippen molar-refractivity contribution in [1.29, 1.82) is 0 Å². The average molecular weight is 393 g/mol. The summed E-state index contributed by atoms with van der Waals surface area (Å²) in [5.41, 5.74) is 2.00. The van der Waals surface area contributed by atoms with Gasteiger partial charge in [-0.3, -0.25) is 4.79 Å². The van der Waals surface area contributed by atoms with Crippen molar-refractivity contribution >= 4 is 27.3 Å². The molecule has 1 saturated heterocycles. The molecule has 1 aromatic carbocycles. The maximum absolute atomic E-state index is 13.2. The van der Waals surface area contributed by atoms with E-state index in [1.54, 1.807) is 22.4 Å². The van der Waals surface area contributed by atoms with Gasteiger partial charge in [0.05, 0.1) is 13.2 Å². The second-order valence-electron chi connectivity index (χ2n) is 6.41. The Morgan fingerprint density at radius 2 is 1.81 bits per heavy atom. The molecule has 1 atom stereocenters. The number of benzene rings is 1. The first-order valence-corrected chi connectivity index (χ1v) is 10.9. The lowest BCUT2D eigenvalue weighted by molar-refractivity contribution is -0.139. The van der Waals surface area contributed by atoms with Gasteiger partial charge in [-0.2, -0.15) is 4.31 Å². The van der Waals surface area contributed by atoms with Crippen LogP contribution in [0.4, 0.5) is 0 Å². The zero-order valence-corrected chi connectivity index (χ0v) is 15.8. The molecule has 1 fully saturated rings. The first-order chi connectivity index (χ1) is 12.6. The fourth-order valence-corrected chi connectivity index (χ4v) is 6.16. The van der Waals surface area contributed by atoms with Gasteiger partial charge < -0.3 is 9.64 Å². The molecule has 8 heteroatoms. The molecule has 1 unspecified atom stereocenters. The topological polar surface area (TPSA) is 66.9 Å². The normalized spacial score (nSPS) is 21.4. The summed E-state index contributed by atoms with van der Waals surface area (Å²) in [5, 5.41) is 1.74. The maximum Gasteiger partial charge on any atom is 0.253 e. The van der Waals surface area contributed by atoms with Gasteiger partial charge in [0.15, 0.2) is 0 Å². The van der Waals surface area contributed by atoms with Gasteiger partial charge in [-0.25, -0.2) is 8.42 Å². The number of carbonyl (C=O) groups excluding carboxylic acids is 1. The van der Waals surface area contributed by atoms with Gasteiger partial charge in [0, 0.05) is 19.6 Å². The molecule has 138 valence electrons. The first kappa shape index (κ1) is 17.7. The Hall–Kier alpha value is -1.74. The van der Waals surface area contributed by atoms with Crippen molar-refractivity contribution < 1.29 is 17.9 Å². The van der Waals surface area contributed by atoms with Crippen molar-refractivity contribution in [2.45, 2.75) is 23.2 Å². The number of nitrogens with zero attached hydrogens (tertiary/aromatic N) is 2. The Bertz CT molecular complexity index is 890. The predicted octanol–water partition coefficient (Wildman–Crippen LogP) is 1.72. The van der Waals surface area contributed by atoms with E-state index >= 15 is 0 Å². The Morgan fingerprint density at radius 3 is 2.50 bits per heavy atom. The van der Waals surface area contributed by atoms with Crippen LogP contribution in [0.3, 0.4) is 0 Å². The summed E-state index contributed by atoms with van der Waals surface area (Å²) in [4.78, 5) is 14.9. The van der Waals surface area contributed by atoms with Gasteiger partial charge in [0.25, 0.3) is 10.0 Å². The van der Waals surface area contributed by atoms with E-state index in [9.17, 15) is 13.2 Å². The highest BCUT2D eigenvalue weighted by Crippen LogP contribution is 2.31. The summed E-state index contributed by atoms with van der Waals surface area (Å²) in [7, 11) is -3.72. The van der Waals surface area contributed by atoms with E-state index in [0.717, 1.165) is 11.1 Å². The highest BCUT2D eigenvalue weighted by Gasteiger charge is 2.41. The van der Waals surface area contributed by atoms with Crippen molar-refractivity contribution in [3.8, 4) is 0 Å². The fraction of sp³-hybridized carbons (Fsp3) is 0.389. The van der Waals surface area contributed by atoms with Gasteiger partial charge >= 0.3 is 0 Å². The van der Waals surface area contributed by atoms with Crippen LogP contribution in [0.15, 0.2) is 46.0 Å². The molecule has 1 aromatic heterocycles. The van der Waals surface area contributed by atoms with Crippen LogP contribution in [0.25, 0.3) is 0 Å². The van der Waals surface area contributed by atoms with Crippen molar-refractivity contribution in [2.75, 3.05) is 26.3 Å². The highest BCUT2D eigenvalue weighted by atomic mass is 32.2. The molecular weight excluding hydrogens is 372 g/mol. The van der Waals surface area contributed by atoms with Crippen LogP contribution < -0.4 is 0 Å². The molecule has 0 spiro atoms. The largest absolute Gasteiger partial charge is 0.378 e. The van der Waals surface area contributed by atoms with Gasteiger partial charge in [-0.1, -0.05) is 30.3 Å².